The van der Waals surface area contributed by atoms with Gasteiger partial charge in [-0.1, -0.05) is 156 Å². The minimum atomic E-state index is 0.405. The van der Waals surface area contributed by atoms with Crippen LogP contribution >= 0.6 is 0 Å². The predicted octanol–water partition coefficient (Wildman–Crippen LogP) is 10.7. The van der Waals surface area contributed by atoms with Crippen molar-refractivity contribution in [2.24, 2.45) is 0 Å². The van der Waals surface area contributed by atoms with Crippen LogP contribution in [0.1, 0.15) is 175 Å². The van der Waals surface area contributed by atoms with E-state index in [2.05, 4.69) is 20.8 Å². The molecule has 0 aliphatic rings. The minimum absolute atomic E-state index is 0.405. The van der Waals surface area contributed by atoms with Crippen LogP contribution in [0, 0.1) is 0 Å². The fourth-order valence-corrected chi connectivity index (χ4v) is 4.66. The van der Waals surface area contributed by atoms with Crippen molar-refractivity contribution in [3.8, 4) is 0 Å². The van der Waals surface area contributed by atoms with E-state index in [0.717, 1.165) is 6.42 Å². The Morgan fingerprint density at radius 3 is 1.09 bits per heavy atom. The molecule has 34 heavy (non-hydrogen) atoms. The summed E-state index contributed by atoms with van der Waals surface area (Å²) in [4.78, 5) is 10.3. The van der Waals surface area contributed by atoms with Crippen molar-refractivity contribution in [2.75, 3.05) is 19.8 Å². The Labute approximate surface area is 215 Å². The molecule has 206 valence electrons. The normalized spacial score (nSPS) is 12.4. The van der Waals surface area contributed by atoms with Crippen LogP contribution in [0.5, 0.6) is 0 Å². The first-order valence-corrected chi connectivity index (χ1v) is 15.7. The molecule has 0 saturated heterocycles. The van der Waals surface area contributed by atoms with Crippen molar-refractivity contribution in [3.05, 3.63) is 0 Å². The summed E-state index contributed by atoms with van der Waals surface area (Å²) in [7, 11) is 0. The first-order valence-electron chi connectivity index (χ1n) is 15.7. The zero-order valence-electron chi connectivity index (χ0n) is 23.9. The third-order valence-corrected chi connectivity index (χ3v) is 6.90. The molecule has 0 fully saturated rings. The molecular formula is C31H64O3. The summed E-state index contributed by atoms with van der Waals surface area (Å²) in [5.41, 5.74) is 0. The van der Waals surface area contributed by atoms with Crippen LogP contribution in [0.15, 0.2) is 0 Å². The zero-order chi connectivity index (χ0) is 24.8. The summed E-state index contributed by atoms with van der Waals surface area (Å²) in [5, 5.41) is 0. The second-order valence-electron chi connectivity index (χ2n) is 10.4. The summed E-state index contributed by atoms with van der Waals surface area (Å²) in [5.74, 6) is 0. The average molecular weight is 485 g/mol. The number of rotatable bonds is 30. The van der Waals surface area contributed by atoms with Gasteiger partial charge in [0.25, 0.3) is 0 Å². The van der Waals surface area contributed by atoms with Crippen molar-refractivity contribution in [1.29, 1.82) is 0 Å². The first kappa shape index (κ1) is 33.9. The smallest absolute Gasteiger partial charge is 0.106 e. The first-order chi connectivity index (χ1) is 16.8. The Morgan fingerprint density at radius 1 is 0.353 bits per heavy atom. The number of unbranched alkanes of at least 4 members (excludes halogenated alkanes) is 19. The summed E-state index contributed by atoms with van der Waals surface area (Å²) in [6.07, 6.45) is 33.2. The summed E-state index contributed by atoms with van der Waals surface area (Å²) in [6, 6.07) is 0. The SMILES string of the molecule is CCCCCCCCCCCCCC(CCCCCCCCCCCC)OCCOOCCC. The van der Waals surface area contributed by atoms with E-state index >= 15 is 0 Å². The van der Waals surface area contributed by atoms with E-state index in [4.69, 9.17) is 14.5 Å². The molecule has 0 bridgehead atoms. The quantitative estimate of drug-likeness (QED) is 0.0576. The molecule has 3 nitrogen and oxygen atoms in total. The number of hydrogen-bond acceptors (Lipinski definition) is 3. The molecule has 0 spiro atoms. The molecule has 0 radical (unpaired) electrons. The highest BCUT2D eigenvalue weighted by Gasteiger charge is 2.09. The van der Waals surface area contributed by atoms with Gasteiger partial charge in [-0.3, -0.25) is 0 Å². The van der Waals surface area contributed by atoms with Crippen LogP contribution in [0.2, 0.25) is 0 Å². The van der Waals surface area contributed by atoms with E-state index < -0.39 is 0 Å². The predicted molar refractivity (Wildman–Crippen MR) is 149 cm³/mol. The van der Waals surface area contributed by atoms with E-state index in [-0.39, 0.29) is 0 Å². The van der Waals surface area contributed by atoms with Crippen LogP contribution in [0.4, 0.5) is 0 Å². The monoisotopic (exact) mass is 484 g/mol. The van der Waals surface area contributed by atoms with Gasteiger partial charge < -0.3 is 4.74 Å². The zero-order valence-corrected chi connectivity index (χ0v) is 23.9. The molecule has 0 amide bonds. The van der Waals surface area contributed by atoms with Gasteiger partial charge in [0.15, 0.2) is 0 Å². The van der Waals surface area contributed by atoms with E-state index in [0.29, 0.717) is 25.9 Å². The topological polar surface area (TPSA) is 27.7 Å². The van der Waals surface area contributed by atoms with Crippen molar-refractivity contribution in [2.45, 2.75) is 181 Å². The molecule has 1 unspecified atom stereocenters. The number of hydrogen-bond donors (Lipinski definition) is 0. The van der Waals surface area contributed by atoms with Crippen molar-refractivity contribution >= 4 is 0 Å². The lowest BCUT2D eigenvalue weighted by Crippen LogP contribution is -2.17. The van der Waals surface area contributed by atoms with Gasteiger partial charge in [-0.25, -0.2) is 9.78 Å². The highest BCUT2D eigenvalue weighted by atomic mass is 17.2. The van der Waals surface area contributed by atoms with Crippen LogP contribution < -0.4 is 0 Å². The molecule has 0 aliphatic heterocycles. The van der Waals surface area contributed by atoms with Gasteiger partial charge in [-0.15, -0.1) is 0 Å². The van der Waals surface area contributed by atoms with Gasteiger partial charge in [0.05, 0.1) is 19.3 Å². The van der Waals surface area contributed by atoms with E-state index in [1.807, 2.05) is 0 Å². The standard InChI is InChI=1S/C31H64O3/c1-4-7-9-11-13-15-17-19-21-23-25-27-31(32-29-30-34-33-28-6-3)26-24-22-20-18-16-14-12-10-8-5-2/h31H,4-30H2,1-3H3. The Kier molecular flexibility index (Phi) is 30.8. The van der Waals surface area contributed by atoms with Gasteiger partial charge in [0, 0.05) is 0 Å². The van der Waals surface area contributed by atoms with E-state index in [9.17, 15) is 0 Å². The summed E-state index contributed by atoms with van der Waals surface area (Å²) < 4.78 is 6.19. The lowest BCUT2D eigenvalue weighted by molar-refractivity contribution is -0.300. The lowest BCUT2D eigenvalue weighted by atomic mass is 10.0. The second kappa shape index (κ2) is 30.9. The molecular weight excluding hydrogens is 420 g/mol. The molecule has 0 saturated carbocycles. The van der Waals surface area contributed by atoms with Crippen LogP contribution in [-0.4, -0.2) is 25.9 Å². The van der Waals surface area contributed by atoms with Crippen LogP contribution in [-0.2, 0) is 14.5 Å². The summed E-state index contributed by atoms with van der Waals surface area (Å²) >= 11 is 0. The largest absolute Gasteiger partial charge is 0.376 e. The van der Waals surface area contributed by atoms with Crippen LogP contribution in [0.25, 0.3) is 0 Å². The Hall–Kier alpha value is -0.120. The minimum Gasteiger partial charge on any atom is -0.376 e. The summed E-state index contributed by atoms with van der Waals surface area (Å²) in [6.45, 7) is 8.55. The Morgan fingerprint density at radius 2 is 0.706 bits per heavy atom. The molecule has 0 aromatic carbocycles. The van der Waals surface area contributed by atoms with Gasteiger partial charge in [0.2, 0.25) is 0 Å². The highest BCUT2D eigenvalue weighted by Crippen LogP contribution is 2.18. The van der Waals surface area contributed by atoms with Crippen molar-refractivity contribution < 1.29 is 14.5 Å². The van der Waals surface area contributed by atoms with E-state index in [1.54, 1.807) is 0 Å². The van der Waals surface area contributed by atoms with Gasteiger partial charge in [-0.2, -0.15) is 0 Å². The lowest BCUT2D eigenvalue weighted by Gasteiger charge is -2.18. The van der Waals surface area contributed by atoms with Crippen LogP contribution in [0.3, 0.4) is 0 Å². The maximum atomic E-state index is 6.19. The molecule has 0 aromatic heterocycles. The molecule has 0 aromatic rings. The molecule has 1 atom stereocenters. The third-order valence-electron chi connectivity index (χ3n) is 6.90. The highest BCUT2D eigenvalue weighted by molar-refractivity contribution is 4.61. The second-order valence-corrected chi connectivity index (χ2v) is 10.4. The van der Waals surface area contributed by atoms with Gasteiger partial charge in [0.1, 0.15) is 6.61 Å². The number of ether oxygens (including phenoxy) is 1. The maximum Gasteiger partial charge on any atom is 0.106 e. The Bertz CT molecular complexity index is 348. The van der Waals surface area contributed by atoms with Crippen molar-refractivity contribution in [1.82, 2.24) is 0 Å². The Balaban J connectivity index is 3.78. The molecule has 0 rings (SSSR count). The van der Waals surface area contributed by atoms with E-state index in [1.165, 1.54) is 148 Å². The van der Waals surface area contributed by atoms with Gasteiger partial charge >= 0.3 is 0 Å². The average Bonchev–Trinajstić information content (AvgIpc) is 2.85. The fourth-order valence-electron chi connectivity index (χ4n) is 4.66. The third kappa shape index (κ3) is 28.1. The molecule has 0 N–H and O–H groups in total. The maximum absolute atomic E-state index is 6.19. The molecule has 3 heteroatoms. The van der Waals surface area contributed by atoms with Gasteiger partial charge in [-0.05, 0) is 19.3 Å². The molecule has 0 aliphatic carbocycles. The van der Waals surface area contributed by atoms with Crippen molar-refractivity contribution in [3.63, 3.8) is 0 Å². The fraction of sp³-hybridized carbons (Fsp3) is 1.00. The molecule has 0 heterocycles.